The Kier molecular flexibility index (Phi) is 5.35. The maximum atomic E-state index is 14.1. The van der Waals surface area contributed by atoms with Gasteiger partial charge in [-0.2, -0.15) is 0 Å². The molecule has 1 heterocycles. The van der Waals surface area contributed by atoms with E-state index in [9.17, 15) is 8.78 Å². The molecule has 0 spiro atoms. The first kappa shape index (κ1) is 18.6. The van der Waals surface area contributed by atoms with Gasteiger partial charge in [0.1, 0.15) is 11.6 Å². The molecule has 1 N–H and O–H groups in total. The molecule has 1 aliphatic rings. The van der Waals surface area contributed by atoms with E-state index in [1.807, 2.05) is 27.7 Å². The first-order chi connectivity index (χ1) is 10.6. The zero-order valence-corrected chi connectivity index (χ0v) is 15.6. The third kappa shape index (κ3) is 3.84. The van der Waals surface area contributed by atoms with Gasteiger partial charge in [-0.05, 0) is 52.3 Å². The van der Waals surface area contributed by atoms with Crippen LogP contribution in [-0.2, 0) is 9.31 Å². The van der Waals surface area contributed by atoms with Gasteiger partial charge in [-0.15, -0.1) is 0 Å². The Balaban J connectivity index is 2.41. The summed E-state index contributed by atoms with van der Waals surface area (Å²) in [5.74, 6) is -1.27. The van der Waals surface area contributed by atoms with Crippen LogP contribution >= 0.6 is 15.9 Å². The highest BCUT2D eigenvalue weighted by atomic mass is 79.9. The molecular formula is C16H21BBrF2NO2. The van der Waals surface area contributed by atoms with E-state index in [0.29, 0.717) is 16.5 Å². The Morgan fingerprint density at radius 2 is 1.65 bits per heavy atom. The average molecular weight is 388 g/mol. The van der Waals surface area contributed by atoms with Crippen LogP contribution in [0.2, 0.25) is 0 Å². The van der Waals surface area contributed by atoms with Crippen molar-refractivity contribution >= 4 is 29.1 Å². The van der Waals surface area contributed by atoms with E-state index < -0.39 is 30.0 Å². The zero-order chi connectivity index (χ0) is 17.4. The number of benzene rings is 1. The Morgan fingerprint density at radius 1 is 1.17 bits per heavy atom. The molecule has 1 aromatic carbocycles. The maximum Gasteiger partial charge on any atom is 0.491 e. The minimum atomic E-state index is -0.658. The fourth-order valence-electron chi connectivity index (χ4n) is 2.28. The topological polar surface area (TPSA) is 30.5 Å². The zero-order valence-electron chi connectivity index (χ0n) is 14.0. The summed E-state index contributed by atoms with van der Waals surface area (Å²) in [6.45, 7) is 8.14. The first-order valence-electron chi connectivity index (χ1n) is 7.42. The number of halogens is 3. The van der Waals surface area contributed by atoms with Crippen molar-refractivity contribution in [3.8, 4) is 0 Å². The number of hydrogen-bond acceptors (Lipinski definition) is 3. The molecule has 0 aliphatic carbocycles. The summed E-state index contributed by atoms with van der Waals surface area (Å²) in [7, 11) is 1.10. The fourth-order valence-corrected chi connectivity index (χ4v) is 2.68. The second-order valence-corrected chi connectivity index (χ2v) is 7.54. The van der Waals surface area contributed by atoms with E-state index in [0.717, 1.165) is 0 Å². The molecule has 1 aromatic rings. The molecule has 2 rings (SSSR count). The van der Waals surface area contributed by atoms with Gasteiger partial charge in [0.05, 0.1) is 11.2 Å². The quantitative estimate of drug-likeness (QED) is 0.793. The summed E-state index contributed by atoms with van der Waals surface area (Å²) in [6, 6.07) is 2.46. The van der Waals surface area contributed by atoms with E-state index in [1.54, 1.807) is 7.05 Å². The van der Waals surface area contributed by atoms with Crippen LogP contribution in [0.1, 0.15) is 33.3 Å². The predicted molar refractivity (Wildman–Crippen MR) is 92.0 cm³/mol. The van der Waals surface area contributed by atoms with Crippen molar-refractivity contribution in [3.63, 3.8) is 0 Å². The molecule has 126 valence electrons. The van der Waals surface area contributed by atoms with Gasteiger partial charge in [0.2, 0.25) is 0 Å². The van der Waals surface area contributed by atoms with Crippen molar-refractivity contribution in [2.75, 3.05) is 13.6 Å². The van der Waals surface area contributed by atoms with Crippen molar-refractivity contribution in [1.82, 2.24) is 5.32 Å². The predicted octanol–water partition coefficient (Wildman–Crippen LogP) is 3.96. The SMILES string of the molecule is CNCC(=Cc1c(F)cc(Br)cc1F)B1OC(C)(C)C(C)(C)O1. The highest BCUT2D eigenvalue weighted by molar-refractivity contribution is 9.10. The van der Waals surface area contributed by atoms with Gasteiger partial charge in [-0.1, -0.05) is 22.0 Å². The molecular weight excluding hydrogens is 367 g/mol. The largest absolute Gasteiger partial charge is 0.491 e. The van der Waals surface area contributed by atoms with Gasteiger partial charge in [-0.25, -0.2) is 8.78 Å². The molecule has 1 saturated heterocycles. The first-order valence-corrected chi connectivity index (χ1v) is 8.22. The van der Waals surface area contributed by atoms with Gasteiger partial charge < -0.3 is 14.6 Å². The fraction of sp³-hybridized carbons (Fsp3) is 0.500. The lowest BCUT2D eigenvalue weighted by Gasteiger charge is -2.32. The van der Waals surface area contributed by atoms with E-state index in [4.69, 9.17) is 9.31 Å². The van der Waals surface area contributed by atoms with Gasteiger partial charge >= 0.3 is 7.12 Å². The monoisotopic (exact) mass is 387 g/mol. The lowest BCUT2D eigenvalue weighted by atomic mass is 9.77. The lowest BCUT2D eigenvalue weighted by Crippen LogP contribution is -2.41. The Morgan fingerprint density at radius 3 is 2.09 bits per heavy atom. The summed E-state index contributed by atoms with van der Waals surface area (Å²) >= 11 is 3.08. The normalized spacial score (nSPS) is 20.2. The molecule has 0 bridgehead atoms. The van der Waals surface area contributed by atoms with Crippen LogP contribution in [0, 0.1) is 11.6 Å². The van der Waals surface area contributed by atoms with Crippen LogP contribution in [0.4, 0.5) is 8.78 Å². The molecule has 0 amide bonds. The number of hydrogen-bond donors (Lipinski definition) is 1. The van der Waals surface area contributed by atoms with Gasteiger partial charge in [0.15, 0.2) is 0 Å². The third-order valence-electron chi connectivity index (χ3n) is 4.31. The van der Waals surface area contributed by atoms with Crippen LogP contribution in [0.3, 0.4) is 0 Å². The van der Waals surface area contributed by atoms with E-state index >= 15 is 0 Å². The van der Waals surface area contributed by atoms with Crippen molar-refractivity contribution < 1.29 is 18.1 Å². The smallest absolute Gasteiger partial charge is 0.400 e. The molecule has 23 heavy (non-hydrogen) atoms. The number of likely N-dealkylation sites (N-methyl/N-ethyl adjacent to an activating group) is 1. The molecule has 1 fully saturated rings. The Bertz CT molecular complexity index is 596. The van der Waals surface area contributed by atoms with Crippen molar-refractivity contribution in [2.45, 2.75) is 38.9 Å². The Labute approximate surface area is 144 Å². The summed E-state index contributed by atoms with van der Waals surface area (Å²) in [5, 5.41) is 2.99. The maximum absolute atomic E-state index is 14.1. The van der Waals surface area contributed by atoms with Crippen LogP contribution in [0.25, 0.3) is 6.08 Å². The lowest BCUT2D eigenvalue weighted by molar-refractivity contribution is 0.00578. The number of rotatable bonds is 4. The van der Waals surface area contributed by atoms with Crippen molar-refractivity contribution in [1.29, 1.82) is 0 Å². The standard InChI is InChI=1S/C16H21BBrF2NO2/c1-15(2)16(3,4)23-17(22-15)10(9-21-5)6-12-13(19)7-11(18)8-14(12)20/h6-8,21H,9H2,1-5H3. The summed E-state index contributed by atoms with van der Waals surface area (Å²) in [4.78, 5) is 0. The molecule has 0 saturated carbocycles. The minimum absolute atomic E-state index is 0.104. The molecule has 7 heteroatoms. The van der Waals surface area contributed by atoms with Crippen LogP contribution in [0.5, 0.6) is 0 Å². The van der Waals surface area contributed by atoms with E-state index in [2.05, 4.69) is 21.2 Å². The molecule has 0 radical (unpaired) electrons. The van der Waals surface area contributed by atoms with Crippen molar-refractivity contribution in [3.05, 3.63) is 39.3 Å². The summed E-state index contributed by atoms with van der Waals surface area (Å²) < 4.78 is 40.5. The number of nitrogens with one attached hydrogen (secondary N) is 1. The second-order valence-electron chi connectivity index (χ2n) is 6.62. The Hall–Kier alpha value is -0.755. The van der Waals surface area contributed by atoms with Gasteiger partial charge in [0, 0.05) is 16.6 Å². The van der Waals surface area contributed by atoms with E-state index in [1.165, 1.54) is 18.2 Å². The highest BCUT2D eigenvalue weighted by Crippen LogP contribution is 2.39. The van der Waals surface area contributed by atoms with Gasteiger partial charge in [0.25, 0.3) is 0 Å². The van der Waals surface area contributed by atoms with Crippen LogP contribution < -0.4 is 5.32 Å². The van der Waals surface area contributed by atoms with Crippen LogP contribution in [-0.4, -0.2) is 31.9 Å². The molecule has 0 atom stereocenters. The van der Waals surface area contributed by atoms with Gasteiger partial charge in [-0.3, -0.25) is 0 Å². The summed E-state index contributed by atoms with van der Waals surface area (Å²) in [6.07, 6.45) is 1.45. The highest BCUT2D eigenvalue weighted by Gasteiger charge is 2.52. The second kappa shape index (κ2) is 6.63. The molecule has 3 nitrogen and oxygen atoms in total. The van der Waals surface area contributed by atoms with Crippen LogP contribution in [0.15, 0.2) is 22.1 Å². The molecule has 0 unspecified atom stereocenters. The molecule has 0 aromatic heterocycles. The average Bonchev–Trinajstić information content (AvgIpc) is 2.61. The summed E-state index contributed by atoms with van der Waals surface area (Å²) in [5.41, 5.74) is -0.498. The molecule has 1 aliphatic heterocycles. The van der Waals surface area contributed by atoms with E-state index in [-0.39, 0.29) is 5.56 Å². The third-order valence-corrected chi connectivity index (χ3v) is 4.77. The minimum Gasteiger partial charge on any atom is -0.400 e. The van der Waals surface area contributed by atoms with Crippen molar-refractivity contribution in [2.24, 2.45) is 0 Å².